The number of hydrogen-bond donors (Lipinski definition) is 1. The number of carbonyl (C=O) groups excluding carboxylic acids is 2. The number of benzene rings is 3. The number of nitrogens with one attached hydrogen (secondary N) is 1. The lowest BCUT2D eigenvalue weighted by molar-refractivity contribution is -0.135. The summed E-state index contributed by atoms with van der Waals surface area (Å²) in [5, 5.41) is 1.42. The first kappa shape index (κ1) is 23.1. The fraction of sp³-hybridized carbons (Fsp3) is 0.259. The van der Waals surface area contributed by atoms with Gasteiger partial charge in [-0.05, 0) is 68.1 Å². The molecule has 0 radical (unpaired) electrons. The van der Waals surface area contributed by atoms with Gasteiger partial charge in [0, 0.05) is 18.0 Å². The maximum Gasteiger partial charge on any atom is 0.269 e. The van der Waals surface area contributed by atoms with Crippen molar-refractivity contribution in [3.8, 4) is 16.9 Å². The Morgan fingerprint density at radius 2 is 1.66 bits per heavy atom. The van der Waals surface area contributed by atoms with Crippen molar-refractivity contribution in [1.82, 2.24) is 10.4 Å². The number of carbonyl (C=O) groups is 2. The molecule has 1 N–H and O–H groups in total. The Labute approximate surface area is 190 Å². The molecule has 166 valence electrons. The molecule has 0 saturated carbocycles. The average Bonchev–Trinajstić information content (AvgIpc) is 2.82. The van der Waals surface area contributed by atoms with Crippen molar-refractivity contribution >= 4 is 11.8 Å². The highest BCUT2D eigenvalue weighted by Gasteiger charge is 2.20. The molecule has 0 aliphatic rings. The van der Waals surface area contributed by atoms with Gasteiger partial charge in [0.1, 0.15) is 5.75 Å². The van der Waals surface area contributed by atoms with Crippen LogP contribution in [0.1, 0.15) is 43.1 Å². The Balaban J connectivity index is 1.72. The highest BCUT2D eigenvalue weighted by Crippen LogP contribution is 2.28. The van der Waals surface area contributed by atoms with Crippen molar-refractivity contribution in [3.05, 3.63) is 90.0 Å². The van der Waals surface area contributed by atoms with Crippen LogP contribution >= 0.6 is 0 Å². The number of nitrogens with zero attached hydrogens (tertiary/aromatic N) is 1. The molecule has 0 aliphatic carbocycles. The SMILES string of the molecule is CCOc1cccc(-c2ccccc2CCC(=O)N(NC(=O)c2ccccc2)C(C)C)c1. The third-order valence-electron chi connectivity index (χ3n) is 5.12. The Bertz CT molecular complexity index is 1050. The lowest BCUT2D eigenvalue weighted by Crippen LogP contribution is -2.50. The average molecular weight is 431 g/mol. The van der Waals surface area contributed by atoms with E-state index in [2.05, 4.69) is 11.5 Å². The molecule has 0 aromatic heterocycles. The van der Waals surface area contributed by atoms with Crippen LogP contribution < -0.4 is 10.2 Å². The van der Waals surface area contributed by atoms with Crippen LogP contribution in [0.4, 0.5) is 0 Å². The predicted octanol–water partition coefficient (Wildman–Crippen LogP) is 5.27. The molecule has 3 rings (SSSR count). The Kier molecular flexibility index (Phi) is 8.03. The number of ether oxygens (including phenoxy) is 1. The summed E-state index contributed by atoms with van der Waals surface area (Å²) in [6.45, 7) is 6.34. The Morgan fingerprint density at radius 1 is 0.938 bits per heavy atom. The molecule has 2 amide bonds. The molecule has 0 fully saturated rings. The minimum Gasteiger partial charge on any atom is -0.494 e. The monoisotopic (exact) mass is 430 g/mol. The van der Waals surface area contributed by atoms with E-state index in [4.69, 9.17) is 4.74 Å². The summed E-state index contributed by atoms with van der Waals surface area (Å²) >= 11 is 0. The van der Waals surface area contributed by atoms with E-state index in [1.54, 1.807) is 24.3 Å². The highest BCUT2D eigenvalue weighted by atomic mass is 16.5. The predicted molar refractivity (Wildman–Crippen MR) is 127 cm³/mol. The highest BCUT2D eigenvalue weighted by molar-refractivity contribution is 5.95. The minimum atomic E-state index is -0.291. The van der Waals surface area contributed by atoms with E-state index in [0.717, 1.165) is 22.4 Å². The molecule has 3 aromatic rings. The molecule has 5 nitrogen and oxygen atoms in total. The Hall–Kier alpha value is -3.60. The number of aryl methyl sites for hydroxylation is 1. The molecule has 0 spiro atoms. The van der Waals surface area contributed by atoms with E-state index in [1.807, 2.05) is 69.3 Å². The molecule has 0 aliphatic heterocycles. The van der Waals surface area contributed by atoms with Crippen LogP contribution in [0.3, 0.4) is 0 Å². The third kappa shape index (κ3) is 5.97. The van der Waals surface area contributed by atoms with Crippen LogP contribution in [0.25, 0.3) is 11.1 Å². The summed E-state index contributed by atoms with van der Waals surface area (Å²) in [7, 11) is 0. The Morgan fingerprint density at radius 3 is 2.38 bits per heavy atom. The summed E-state index contributed by atoms with van der Waals surface area (Å²) in [5.41, 5.74) is 6.49. The van der Waals surface area contributed by atoms with E-state index in [9.17, 15) is 9.59 Å². The van der Waals surface area contributed by atoms with Crippen molar-refractivity contribution in [2.45, 2.75) is 39.7 Å². The quantitative estimate of drug-likeness (QED) is 0.496. The topological polar surface area (TPSA) is 58.6 Å². The number of hydrogen-bond acceptors (Lipinski definition) is 3. The van der Waals surface area contributed by atoms with Gasteiger partial charge >= 0.3 is 0 Å². The summed E-state index contributed by atoms with van der Waals surface area (Å²) in [4.78, 5) is 25.5. The lowest BCUT2D eigenvalue weighted by Gasteiger charge is -2.27. The van der Waals surface area contributed by atoms with E-state index in [1.165, 1.54) is 5.01 Å². The molecule has 0 atom stereocenters. The molecule has 5 heteroatoms. The van der Waals surface area contributed by atoms with Crippen LogP contribution in [0, 0.1) is 0 Å². The van der Waals surface area contributed by atoms with E-state index in [-0.39, 0.29) is 24.3 Å². The second-order valence-corrected chi connectivity index (χ2v) is 7.78. The zero-order valence-corrected chi connectivity index (χ0v) is 18.9. The third-order valence-corrected chi connectivity index (χ3v) is 5.12. The van der Waals surface area contributed by atoms with Crippen molar-refractivity contribution in [2.24, 2.45) is 0 Å². The maximum atomic E-state index is 13.0. The van der Waals surface area contributed by atoms with Crippen molar-refractivity contribution in [1.29, 1.82) is 0 Å². The summed E-state index contributed by atoms with van der Waals surface area (Å²) < 4.78 is 5.64. The van der Waals surface area contributed by atoms with E-state index in [0.29, 0.717) is 18.6 Å². The van der Waals surface area contributed by atoms with E-state index >= 15 is 0 Å². The van der Waals surface area contributed by atoms with Gasteiger partial charge in [0.15, 0.2) is 0 Å². The molecular formula is C27H30N2O3. The number of amides is 2. The first-order chi connectivity index (χ1) is 15.5. The number of rotatable bonds is 8. The fourth-order valence-electron chi connectivity index (χ4n) is 3.54. The van der Waals surface area contributed by atoms with Gasteiger partial charge in [0.2, 0.25) is 5.91 Å². The van der Waals surface area contributed by atoms with Gasteiger partial charge in [0.05, 0.1) is 6.61 Å². The van der Waals surface area contributed by atoms with E-state index < -0.39 is 0 Å². The zero-order valence-electron chi connectivity index (χ0n) is 18.9. The first-order valence-electron chi connectivity index (χ1n) is 11.0. The standard InChI is InChI=1S/C27H30N2O3/c1-4-32-24-15-10-14-23(19-24)25-16-9-8-11-21(25)17-18-26(30)29(20(2)3)28-27(31)22-12-6-5-7-13-22/h5-16,19-20H,4,17-18H2,1-3H3,(H,28,31). The van der Waals surface area contributed by atoms with Gasteiger partial charge in [-0.1, -0.05) is 54.6 Å². The van der Waals surface area contributed by atoms with Gasteiger partial charge in [0.25, 0.3) is 5.91 Å². The molecule has 0 unspecified atom stereocenters. The molecule has 0 bridgehead atoms. The lowest BCUT2D eigenvalue weighted by atomic mass is 9.96. The number of hydrazine groups is 1. The van der Waals surface area contributed by atoms with Crippen LogP contribution in [-0.2, 0) is 11.2 Å². The first-order valence-corrected chi connectivity index (χ1v) is 11.0. The maximum absolute atomic E-state index is 13.0. The van der Waals surface area contributed by atoms with Crippen molar-refractivity contribution < 1.29 is 14.3 Å². The van der Waals surface area contributed by atoms with Crippen LogP contribution in [0.15, 0.2) is 78.9 Å². The molecule has 0 heterocycles. The minimum absolute atomic E-state index is 0.123. The van der Waals surface area contributed by atoms with Gasteiger partial charge in [-0.25, -0.2) is 0 Å². The van der Waals surface area contributed by atoms with Crippen LogP contribution in [0.5, 0.6) is 5.75 Å². The second kappa shape index (κ2) is 11.1. The summed E-state index contributed by atoms with van der Waals surface area (Å²) in [5.74, 6) is 0.411. The summed E-state index contributed by atoms with van der Waals surface area (Å²) in [6, 6.07) is 24.8. The van der Waals surface area contributed by atoms with Crippen molar-refractivity contribution in [2.75, 3.05) is 6.61 Å². The summed E-state index contributed by atoms with van der Waals surface area (Å²) in [6.07, 6.45) is 0.855. The van der Waals surface area contributed by atoms with Gasteiger partial charge in [-0.2, -0.15) is 0 Å². The zero-order chi connectivity index (χ0) is 22.9. The van der Waals surface area contributed by atoms with Crippen LogP contribution in [-0.4, -0.2) is 29.5 Å². The van der Waals surface area contributed by atoms with Gasteiger partial charge in [-0.15, -0.1) is 0 Å². The second-order valence-electron chi connectivity index (χ2n) is 7.78. The molecule has 3 aromatic carbocycles. The largest absolute Gasteiger partial charge is 0.494 e. The van der Waals surface area contributed by atoms with Crippen LogP contribution in [0.2, 0.25) is 0 Å². The smallest absolute Gasteiger partial charge is 0.269 e. The fourth-order valence-corrected chi connectivity index (χ4v) is 3.54. The normalized spacial score (nSPS) is 10.6. The molecule has 0 saturated heterocycles. The molecular weight excluding hydrogens is 400 g/mol. The van der Waals surface area contributed by atoms with Gasteiger partial charge in [-0.3, -0.25) is 20.0 Å². The molecule has 32 heavy (non-hydrogen) atoms. The van der Waals surface area contributed by atoms with Gasteiger partial charge < -0.3 is 4.74 Å². The van der Waals surface area contributed by atoms with Crippen molar-refractivity contribution in [3.63, 3.8) is 0 Å².